The first-order valence-electron chi connectivity index (χ1n) is 9.80. The minimum absolute atomic E-state index is 0.105. The molecule has 3 fully saturated rings. The number of rotatable bonds is 3. The first kappa shape index (κ1) is 20.1. The van der Waals surface area contributed by atoms with Gasteiger partial charge >= 0.3 is 5.97 Å². The van der Waals surface area contributed by atoms with E-state index in [9.17, 15) is 14.4 Å². The molecule has 3 heterocycles. The Bertz CT molecular complexity index is 646. The molecule has 0 aromatic carbocycles. The van der Waals surface area contributed by atoms with Crippen LogP contribution < -0.4 is 5.73 Å². The lowest BCUT2D eigenvalue weighted by Gasteiger charge is -2.40. The van der Waals surface area contributed by atoms with Crippen molar-refractivity contribution in [1.82, 2.24) is 14.7 Å². The minimum Gasteiger partial charge on any atom is -0.467 e. The zero-order chi connectivity index (χ0) is 20.1. The molecule has 0 aliphatic carbocycles. The molecule has 8 heteroatoms. The van der Waals surface area contributed by atoms with Crippen LogP contribution in [0.2, 0.25) is 0 Å². The monoisotopic (exact) mass is 380 g/mol. The van der Waals surface area contributed by atoms with Crippen LogP contribution >= 0.6 is 0 Å². The average Bonchev–Trinajstić information content (AvgIpc) is 3.29. The lowest BCUT2D eigenvalue weighted by atomic mass is 9.86. The Morgan fingerprint density at radius 1 is 1.37 bits per heavy atom. The number of ether oxygens (including phenoxy) is 1. The second-order valence-electron chi connectivity index (χ2n) is 8.97. The van der Waals surface area contributed by atoms with Crippen LogP contribution in [0.15, 0.2) is 0 Å². The van der Waals surface area contributed by atoms with E-state index in [4.69, 9.17) is 10.5 Å². The molecular weight excluding hydrogens is 348 g/mol. The van der Waals surface area contributed by atoms with Gasteiger partial charge in [0.05, 0.1) is 25.7 Å². The van der Waals surface area contributed by atoms with Gasteiger partial charge in [0.15, 0.2) is 0 Å². The second kappa shape index (κ2) is 6.74. The smallest absolute Gasteiger partial charge is 0.328 e. The summed E-state index contributed by atoms with van der Waals surface area (Å²) in [5, 5.41) is 0. The molecule has 4 unspecified atom stereocenters. The highest BCUT2D eigenvalue weighted by molar-refractivity contribution is 5.91. The van der Waals surface area contributed by atoms with Crippen LogP contribution in [0.3, 0.4) is 0 Å². The Morgan fingerprint density at radius 3 is 2.59 bits per heavy atom. The Morgan fingerprint density at radius 2 is 2.04 bits per heavy atom. The maximum atomic E-state index is 13.2. The first-order valence-corrected chi connectivity index (χ1v) is 9.80. The van der Waals surface area contributed by atoms with Crippen LogP contribution in [0, 0.1) is 5.41 Å². The zero-order valence-corrected chi connectivity index (χ0v) is 17.0. The summed E-state index contributed by atoms with van der Waals surface area (Å²) in [6, 6.07) is -1.60. The lowest BCUT2D eigenvalue weighted by molar-refractivity contribution is -0.152. The number of methoxy groups -OCH3 is 1. The van der Waals surface area contributed by atoms with E-state index < -0.39 is 29.1 Å². The lowest BCUT2D eigenvalue weighted by Crippen LogP contribution is -2.58. The van der Waals surface area contributed by atoms with E-state index in [1.165, 1.54) is 7.11 Å². The number of nitrogens with zero attached hydrogens (tertiary/aromatic N) is 3. The van der Waals surface area contributed by atoms with Gasteiger partial charge in [0.2, 0.25) is 11.8 Å². The molecule has 1 spiro atoms. The van der Waals surface area contributed by atoms with Gasteiger partial charge in [-0.1, -0.05) is 20.8 Å². The molecule has 2 N–H and O–H groups in total. The van der Waals surface area contributed by atoms with Crippen molar-refractivity contribution < 1.29 is 19.1 Å². The number of likely N-dealkylation sites (N-methyl/N-ethyl adjacent to an activating group) is 1. The van der Waals surface area contributed by atoms with Crippen molar-refractivity contribution in [1.29, 1.82) is 0 Å². The molecule has 0 radical (unpaired) electrons. The average molecular weight is 380 g/mol. The van der Waals surface area contributed by atoms with Crippen LogP contribution in [-0.4, -0.2) is 83.0 Å². The van der Waals surface area contributed by atoms with Gasteiger partial charge < -0.3 is 20.3 Å². The summed E-state index contributed by atoms with van der Waals surface area (Å²) >= 11 is 0. The van der Waals surface area contributed by atoms with Crippen LogP contribution in [0.25, 0.3) is 0 Å². The summed E-state index contributed by atoms with van der Waals surface area (Å²) in [6.07, 6.45) is 2.15. The fourth-order valence-corrected chi connectivity index (χ4v) is 4.91. The molecule has 3 saturated heterocycles. The maximum Gasteiger partial charge on any atom is 0.328 e. The van der Waals surface area contributed by atoms with Crippen LogP contribution in [0.4, 0.5) is 0 Å². The molecule has 3 aliphatic heterocycles. The molecule has 152 valence electrons. The molecule has 0 bridgehead atoms. The Hall–Kier alpha value is -1.67. The Labute approximate surface area is 161 Å². The van der Waals surface area contributed by atoms with E-state index in [2.05, 4.69) is 4.90 Å². The summed E-state index contributed by atoms with van der Waals surface area (Å²) in [7, 11) is 1.33. The number of hydrogen-bond acceptors (Lipinski definition) is 6. The van der Waals surface area contributed by atoms with E-state index in [-0.39, 0.29) is 17.9 Å². The fraction of sp³-hybridized carbons (Fsp3) is 0.842. The van der Waals surface area contributed by atoms with Crippen molar-refractivity contribution in [2.24, 2.45) is 11.1 Å². The molecular formula is C19H32N4O4. The predicted molar refractivity (Wildman–Crippen MR) is 99.4 cm³/mol. The summed E-state index contributed by atoms with van der Waals surface area (Å²) in [6.45, 7) is 9.31. The predicted octanol–water partition coefficient (Wildman–Crippen LogP) is 0.157. The third kappa shape index (κ3) is 2.93. The molecule has 3 aliphatic rings. The SMILES string of the molecule is CCN1C(=O)C2CCCN2C12CC(C(=O)OC)N(C(=O)C(N)C(C)(C)C)C2. The maximum absolute atomic E-state index is 13.2. The number of amides is 2. The quantitative estimate of drug-likeness (QED) is 0.701. The fourth-order valence-electron chi connectivity index (χ4n) is 4.91. The van der Waals surface area contributed by atoms with Crippen molar-refractivity contribution >= 4 is 17.8 Å². The number of hydrogen-bond donors (Lipinski definition) is 1. The van der Waals surface area contributed by atoms with E-state index >= 15 is 0 Å². The van der Waals surface area contributed by atoms with Gasteiger partial charge in [-0.05, 0) is 25.2 Å². The Kier molecular flexibility index (Phi) is 5.01. The van der Waals surface area contributed by atoms with Crippen LogP contribution in [-0.2, 0) is 19.1 Å². The van der Waals surface area contributed by atoms with Gasteiger partial charge in [0.1, 0.15) is 11.7 Å². The first-order chi connectivity index (χ1) is 12.6. The molecule has 4 atom stereocenters. The number of carbonyl (C=O) groups is 3. The van der Waals surface area contributed by atoms with Gasteiger partial charge in [0.25, 0.3) is 0 Å². The van der Waals surface area contributed by atoms with Crippen molar-refractivity contribution in [3.05, 3.63) is 0 Å². The van der Waals surface area contributed by atoms with E-state index in [1.807, 2.05) is 32.6 Å². The van der Waals surface area contributed by atoms with Crippen molar-refractivity contribution in [2.75, 3.05) is 26.7 Å². The summed E-state index contributed by atoms with van der Waals surface area (Å²) in [5.41, 5.74) is 5.16. The van der Waals surface area contributed by atoms with Crippen molar-refractivity contribution in [2.45, 2.75) is 70.7 Å². The summed E-state index contributed by atoms with van der Waals surface area (Å²) in [5.74, 6) is -0.610. The number of esters is 1. The molecule has 27 heavy (non-hydrogen) atoms. The zero-order valence-electron chi connectivity index (χ0n) is 17.0. The molecule has 8 nitrogen and oxygen atoms in total. The van der Waals surface area contributed by atoms with Gasteiger partial charge in [-0.3, -0.25) is 14.5 Å². The molecule has 3 rings (SSSR count). The highest BCUT2D eigenvalue weighted by Crippen LogP contribution is 2.46. The third-order valence-electron chi connectivity index (χ3n) is 6.43. The number of fused-ring (bicyclic) bond motifs is 2. The van der Waals surface area contributed by atoms with Crippen LogP contribution in [0.5, 0.6) is 0 Å². The van der Waals surface area contributed by atoms with Gasteiger partial charge in [-0.15, -0.1) is 0 Å². The highest BCUT2D eigenvalue weighted by atomic mass is 16.5. The summed E-state index contributed by atoms with van der Waals surface area (Å²) < 4.78 is 4.99. The second-order valence-corrected chi connectivity index (χ2v) is 8.97. The van der Waals surface area contributed by atoms with E-state index in [0.717, 1.165) is 19.4 Å². The van der Waals surface area contributed by atoms with Gasteiger partial charge in [0, 0.05) is 19.5 Å². The van der Waals surface area contributed by atoms with E-state index in [1.54, 1.807) is 4.90 Å². The molecule has 0 aromatic heterocycles. The third-order valence-corrected chi connectivity index (χ3v) is 6.43. The van der Waals surface area contributed by atoms with Gasteiger partial charge in [-0.2, -0.15) is 0 Å². The van der Waals surface area contributed by atoms with E-state index in [0.29, 0.717) is 19.5 Å². The van der Waals surface area contributed by atoms with Crippen LogP contribution in [0.1, 0.15) is 47.0 Å². The normalized spacial score (nSPS) is 32.3. The molecule has 0 aromatic rings. The number of likely N-dealkylation sites (tertiary alicyclic amines) is 1. The molecule has 2 amide bonds. The standard InChI is InChI=1S/C19H32N4O4/c1-6-22-15(24)12-8-7-9-23(12)19(22)10-13(17(26)27-5)21(11-19)16(25)14(20)18(2,3)4/h12-14H,6-11,20H2,1-5H3. The largest absolute Gasteiger partial charge is 0.467 e. The summed E-state index contributed by atoms with van der Waals surface area (Å²) in [4.78, 5) is 44.3. The number of carbonyl (C=O) groups excluding carboxylic acids is 3. The topological polar surface area (TPSA) is 96.2 Å². The minimum atomic E-state index is -0.735. The van der Waals surface area contributed by atoms with Crippen molar-refractivity contribution in [3.63, 3.8) is 0 Å². The number of nitrogens with two attached hydrogens (primary N) is 1. The Balaban J connectivity index is 1.99. The van der Waals surface area contributed by atoms with Gasteiger partial charge in [-0.25, -0.2) is 4.79 Å². The molecule has 0 saturated carbocycles. The van der Waals surface area contributed by atoms with Crippen molar-refractivity contribution in [3.8, 4) is 0 Å². The highest BCUT2D eigenvalue weighted by Gasteiger charge is 2.64.